The second-order valence-corrected chi connectivity index (χ2v) is 8.84. The van der Waals surface area contributed by atoms with E-state index in [-0.39, 0.29) is 17.8 Å². The average molecular weight is 500 g/mol. The number of carbonyl (C=O) groups is 2. The van der Waals surface area contributed by atoms with E-state index in [1.54, 1.807) is 12.1 Å². The number of nitrogens with one attached hydrogen (secondary N) is 1. The summed E-state index contributed by atoms with van der Waals surface area (Å²) in [5.41, 5.74) is 1.48. The highest BCUT2D eigenvalue weighted by atomic mass is 19.4. The Morgan fingerprint density at radius 3 is 1.83 bits per heavy atom. The van der Waals surface area contributed by atoms with Gasteiger partial charge in [-0.15, -0.1) is 0 Å². The van der Waals surface area contributed by atoms with Gasteiger partial charge in [0.1, 0.15) is 23.2 Å². The Hall–Kier alpha value is -3.95. The summed E-state index contributed by atoms with van der Waals surface area (Å²) in [6.45, 7) is 1.53. The first-order valence-corrected chi connectivity index (χ1v) is 11.2. The lowest BCUT2D eigenvalue weighted by molar-refractivity contribution is -0.137. The zero-order chi connectivity index (χ0) is 26.6. The molecule has 0 aliphatic carbocycles. The van der Waals surface area contributed by atoms with Gasteiger partial charge >= 0.3 is 6.18 Å². The van der Waals surface area contributed by atoms with E-state index in [0.29, 0.717) is 29.6 Å². The van der Waals surface area contributed by atoms with Gasteiger partial charge in [-0.3, -0.25) is 9.59 Å². The third-order valence-electron chi connectivity index (χ3n) is 5.33. The number of aromatic nitrogens is 2. The maximum absolute atomic E-state index is 12.7. The first-order valence-electron chi connectivity index (χ1n) is 11.2. The normalized spacial score (nSPS) is 11.2. The van der Waals surface area contributed by atoms with Crippen LogP contribution < -0.4 is 15.1 Å². The predicted octanol–water partition coefficient (Wildman–Crippen LogP) is 4.60. The molecule has 190 valence electrons. The Morgan fingerprint density at radius 2 is 1.39 bits per heavy atom. The molecule has 2 aromatic carbocycles. The van der Waals surface area contributed by atoms with Crippen LogP contribution in [0, 0.1) is 0 Å². The molecular weight excluding hydrogens is 471 g/mol. The molecule has 10 heteroatoms. The highest BCUT2D eigenvalue weighted by Gasteiger charge is 2.30. The van der Waals surface area contributed by atoms with E-state index in [1.165, 1.54) is 6.92 Å². The van der Waals surface area contributed by atoms with Crippen LogP contribution in [0.15, 0.2) is 48.5 Å². The molecule has 1 heterocycles. The Kier molecular flexibility index (Phi) is 7.96. The third kappa shape index (κ3) is 6.59. The molecule has 0 aliphatic rings. The van der Waals surface area contributed by atoms with Crippen molar-refractivity contribution in [2.75, 3.05) is 43.3 Å². The summed E-state index contributed by atoms with van der Waals surface area (Å²) in [4.78, 5) is 37.3. The fourth-order valence-electron chi connectivity index (χ4n) is 3.63. The molecule has 0 saturated heterocycles. The van der Waals surface area contributed by atoms with Crippen molar-refractivity contribution in [3.63, 3.8) is 0 Å². The number of benzene rings is 2. The molecule has 36 heavy (non-hydrogen) atoms. The van der Waals surface area contributed by atoms with Gasteiger partial charge in [-0.05, 0) is 48.9 Å². The zero-order valence-corrected chi connectivity index (χ0v) is 20.8. The summed E-state index contributed by atoms with van der Waals surface area (Å²) in [7, 11) is 7.46. The van der Waals surface area contributed by atoms with Crippen LogP contribution in [0.2, 0.25) is 0 Å². The maximum atomic E-state index is 12.7. The van der Waals surface area contributed by atoms with Gasteiger partial charge in [-0.25, -0.2) is 9.97 Å². The van der Waals surface area contributed by atoms with Gasteiger partial charge in [0.2, 0.25) is 0 Å². The molecule has 0 fully saturated rings. The van der Waals surface area contributed by atoms with Gasteiger partial charge in [0.15, 0.2) is 0 Å². The van der Waals surface area contributed by atoms with Gasteiger partial charge in [0.25, 0.3) is 5.91 Å². The zero-order valence-electron chi connectivity index (χ0n) is 20.8. The first-order chi connectivity index (χ1) is 16.8. The van der Waals surface area contributed by atoms with Crippen molar-refractivity contribution in [3.05, 3.63) is 76.6 Å². The summed E-state index contributed by atoms with van der Waals surface area (Å²) in [6, 6.07) is 11.1. The fourth-order valence-corrected chi connectivity index (χ4v) is 3.63. The number of Topliss-reactive ketones (excluding diaryl/α,β-unsaturated/α-hetero) is 1. The van der Waals surface area contributed by atoms with Crippen LogP contribution in [0.5, 0.6) is 0 Å². The fraction of sp³-hybridized carbons (Fsp3) is 0.308. The van der Waals surface area contributed by atoms with Crippen LogP contribution in [-0.2, 0) is 23.8 Å². The molecule has 0 saturated carbocycles. The van der Waals surface area contributed by atoms with Gasteiger partial charge in [-0.1, -0.05) is 12.1 Å². The number of rotatable bonds is 8. The Morgan fingerprint density at radius 1 is 0.861 bits per heavy atom. The molecule has 0 radical (unpaired) electrons. The molecule has 0 bridgehead atoms. The van der Waals surface area contributed by atoms with Gasteiger partial charge < -0.3 is 15.1 Å². The maximum Gasteiger partial charge on any atom is 0.416 e. The summed E-state index contributed by atoms with van der Waals surface area (Å²) >= 11 is 0. The van der Waals surface area contributed by atoms with Crippen molar-refractivity contribution >= 4 is 29.0 Å². The standard InChI is InChI=1S/C26H28F3N5O2/c1-16(35)14-21-23(33(2)3)31-22(32-24(21)34(4)5)15-17-6-12-20(13-7-17)30-25(36)18-8-10-19(11-9-18)26(27,28)29/h6-13H,14-15H2,1-5H3,(H,30,36). The number of alkyl halides is 3. The van der Waals surface area contributed by atoms with Gasteiger partial charge in [0.05, 0.1) is 5.56 Å². The summed E-state index contributed by atoms with van der Waals surface area (Å²) in [6.07, 6.45) is -3.80. The predicted molar refractivity (Wildman–Crippen MR) is 134 cm³/mol. The Bertz CT molecular complexity index is 1210. The molecule has 1 amide bonds. The van der Waals surface area contributed by atoms with Crippen molar-refractivity contribution in [1.29, 1.82) is 0 Å². The summed E-state index contributed by atoms with van der Waals surface area (Å²) < 4.78 is 38.2. The van der Waals surface area contributed by atoms with Crippen molar-refractivity contribution < 1.29 is 22.8 Å². The minimum Gasteiger partial charge on any atom is -0.362 e. The SMILES string of the molecule is CC(=O)Cc1c(N(C)C)nc(Cc2ccc(NC(=O)c3ccc(C(F)(F)F)cc3)cc2)nc1N(C)C. The number of nitrogens with zero attached hydrogens (tertiary/aromatic N) is 4. The molecule has 3 aromatic rings. The second-order valence-electron chi connectivity index (χ2n) is 8.84. The van der Waals surface area contributed by atoms with Crippen LogP contribution in [0.1, 0.15) is 39.8 Å². The number of hydrogen-bond acceptors (Lipinski definition) is 6. The highest BCUT2D eigenvalue weighted by Crippen LogP contribution is 2.29. The van der Waals surface area contributed by atoms with Crippen LogP contribution in [0.25, 0.3) is 0 Å². The van der Waals surface area contributed by atoms with E-state index in [4.69, 9.17) is 0 Å². The number of hydrogen-bond donors (Lipinski definition) is 1. The van der Waals surface area contributed by atoms with E-state index in [2.05, 4.69) is 15.3 Å². The van der Waals surface area contributed by atoms with Gasteiger partial charge in [-0.2, -0.15) is 13.2 Å². The average Bonchev–Trinajstić information content (AvgIpc) is 2.80. The smallest absolute Gasteiger partial charge is 0.362 e. The molecule has 1 aromatic heterocycles. The summed E-state index contributed by atoms with van der Waals surface area (Å²) in [5, 5.41) is 2.68. The van der Waals surface area contributed by atoms with Crippen molar-refractivity contribution in [3.8, 4) is 0 Å². The summed E-state index contributed by atoms with van der Waals surface area (Å²) in [5.74, 6) is 1.45. The van der Waals surface area contributed by atoms with Crippen molar-refractivity contribution in [2.24, 2.45) is 0 Å². The topological polar surface area (TPSA) is 78.4 Å². The van der Waals surface area contributed by atoms with Crippen molar-refractivity contribution in [2.45, 2.75) is 25.9 Å². The molecule has 1 N–H and O–H groups in total. The number of anilines is 3. The molecule has 7 nitrogen and oxygen atoms in total. The van der Waals surface area contributed by atoms with E-state index >= 15 is 0 Å². The second kappa shape index (κ2) is 10.8. The van der Waals surface area contributed by atoms with Crippen LogP contribution in [0.3, 0.4) is 0 Å². The lowest BCUT2D eigenvalue weighted by Gasteiger charge is -2.23. The van der Waals surface area contributed by atoms with Crippen LogP contribution in [-0.4, -0.2) is 49.8 Å². The molecule has 0 spiro atoms. The minimum atomic E-state index is -4.46. The van der Waals surface area contributed by atoms with Crippen LogP contribution in [0.4, 0.5) is 30.5 Å². The van der Waals surface area contributed by atoms with E-state index in [0.717, 1.165) is 35.4 Å². The lowest BCUT2D eigenvalue weighted by atomic mass is 10.1. The monoisotopic (exact) mass is 499 g/mol. The quantitative estimate of drug-likeness (QED) is 0.488. The molecule has 0 atom stereocenters. The first kappa shape index (κ1) is 26.7. The third-order valence-corrected chi connectivity index (χ3v) is 5.33. The molecule has 3 rings (SSSR count). The molecule has 0 aliphatic heterocycles. The number of amides is 1. The molecule has 0 unspecified atom stereocenters. The van der Waals surface area contributed by atoms with Crippen LogP contribution >= 0.6 is 0 Å². The van der Waals surface area contributed by atoms with E-state index in [1.807, 2.05) is 50.1 Å². The van der Waals surface area contributed by atoms with E-state index in [9.17, 15) is 22.8 Å². The molecular formula is C26H28F3N5O2. The number of carbonyl (C=O) groups excluding carboxylic acids is 2. The number of ketones is 1. The largest absolute Gasteiger partial charge is 0.416 e. The Balaban J connectivity index is 1.77. The van der Waals surface area contributed by atoms with Crippen molar-refractivity contribution in [1.82, 2.24) is 9.97 Å². The minimum absolute atomic E-state index is 0.0199. The Labute approximate surface area is 208 Å². The van der Waals surface area contributed by atoms with Gasteiger partial charge in [0, 0.05) is 57.8 Å². The number of halogens is 3. The van der Waals surface area contributed by atoms with E-state index < -0.39 is 17.6 Å². The lowest BCUT2D eigenvalue weighted by Crippen LogP contribution is -2.22. The highest BCUT2D eigenvalue weighted by molar-refractivity contribution is 6.04.